The minimum absolute atomic E-state index is 0.230. The minimum Gasteiger partial charge on any atom is -0.464 e. The number of carbonyl (C=O) groups is 1. The zero-order valence-corrected chi connectivity index (χ0v) is 11.0. The number of morpholine rings is 1. The molecule has 0 aliphatic carbocycles. The number of ether oxygens (including phenoxy) is 2. The number of para-hydroxylation sites is 1. The van der Waals surface area contributed by atoms with Gasteiger partial charge in [-0.2, -0.15) is 0 Å². The Balaban J connectivity index is 1.68. The number of nitrogen functional groups attached to an aromatic ring is 1. The molecular formula is C14H20N2O3. The zero-order valence-electron chi connectivity index (χ0n) is 11.0. The third-order valence-electron chi connectivity index (χ3n) is 3.16. The molecule has 1 heterocycles. The highest BCUT2D eigenvalue weighted by Gasteiger charge is 2.11. The van der Waals surface area contributed by atoms with E-state index in [0.29, 0.717) is 12.3 Å². The number of hydrogen-bond donors (Lipinski definition) is 1. The van der Waals surface area contributed by atoms with E-state index in [1.165, 1.54) is 0 Å². The molecule has 0 aromatic heterocycles. The van der Waals surface area contributed by atoms with Gasteiger partial charge in [-0.15, -0.1) is 0 Å². The average molecular weight is 264 g/mol. The van der Waals surface area contributed by atoms with Gasteiger partial charge in [0.05, 0.1) is 19.6 Å². The van der Waals surface area contributed by atoms with Gasteiger partial charge in [0, 0.05) is 25.3 Å². The number of carbonyl (C=O) groups excluding carboxylic acids is 1. The normalized spacial score (nSPS) is 16.2. The molecule has 1 aliphatic heterocycles. The van der Waals surface area contributed by atoms with Crippen molar-refractivity contribution in [2.24, 2.45) is 0 Å². The van der Waals surface area contributed by atoms with Crippen LogP contribution in [0.4, 0.5) is 5.69 Å². The number of rotatable bonds is 5. The Morgan fingerprint density at radius 1 is 1.32 bits per heavy atom. The molecule has 0 unspecified atom stereocenters. The van der Waals surface area contributed by atoms with E-state index in [9.17, 15) is 4.79 Å². The van der Waals surface area contributed by atoms with Gasteiger partial charge in [0.2, 0.25) is 0 Å². The first-order chi connectivity index (χ1) is 9.25. The molecule has 0 atom stereocenters. The molecule has 1 saturated heterocycles. The van der Waals surface area contributed by atoms with Crippen LogP contribution in [0, 0.1) is 0 Å². The molecule has 1 aromatic rings. The molecule has 5 nitrogen and oxygen atoms in total. The lowest BCUT2D eigenvalue weighted by atomic mass is 10.1. The number of nitrogens with zero attached hydrogens (tertiary/aromatic N) is 1. The molecule has 0 saturated carbocycles. The van der Waals surface area contributed by atoms with E-state index in [2.05, 4.69) is 4.90 Å². The smallest absolute Gasteiger partial charge is 0.310 e. The fraction of sp³-hybridized carbons (Fsp3) is 0.500. The lowest BCUT2D eigenvalue weighted by Gasteiger charge is -2.26. The number of benzene rings is 1. The zero-order chi connectivity index (χ0) is 13.5. The van der Waals surface area contributed by atoms with Gasteiger partial charge in [-0.3, -0.25) is 9.69 Å². The molecule has 0 radical (unpaired) electrons. The lowest BCUT2D eigenvalue weighted by Crippen LogP contribution is -2.38. The standard InChI is InChI=1S/C14H20N2O3/c15-13-4-2-1-3-12(13)11-14(17)19-10-7-16-5-8-18-9-6-16/h1-4H,5-11,15H2. The monoisotopic (exact) mass is 264 g/mol. The van der Waals surface area contributed by atoms with Gasteiger partial charge in [-0.05, 0) is 11.6 Å². The highest BCUT2D eigenvalue weighted by molar-refractivity contribution is 5.74. The minimum atomic E-state index is -0.230. The first-order valence-corrected chi connectivity index (χ1v) is 6.55. The van der Waals surface area contributed by atoms with Gasteiger partial charge >= 0.3 is 5.97 Å². The summed E-state index contributed by atoms with van der Waals surface area (Å²) < 4.78 is 10.5. The van der Waals surface area contributed by atoms with Gasteiger partial charge < -0.3 is 15.2 Å². The van der Waals surface area contributed by atoms with Crippen molar-refractivity contribution in [2.75, 3.05) is 45.2 Å². The van der Waals surface area contributed by atoms with Gasteiger partial charge in [0.15, 0.2) is 0 Å². The summed E-state index contributed by atoms with van der Waals surface area (Å²) in [5.41, 5.74) is 7.23. The van der Waals surface area contributed by atoms with E-state index in [1.807, 2.05) is 18.2 Å². The Morgan fingerprint density at radius 2 is 2.05 bits per heavy atom. The van der Waals surface area contributed by atoms with Crippen molar-refractivity contribution in [1.29, 1.82) is 0 Å². The lowest BCUT2D eigenvalue weighted by molar-refractivity contribution is -0.143. The molecule has 5 heteroatoms. The second kappa shape index (κ2) is 7.11. The molecular weight excluding hydrogens is 244 g/mol. The van der Waals surface area contributed by atoms with Crippen LogP contribution in [0.15, 0.2) is 24.3 Å². The first-order valence-electron chi connectivity index (χ1n) is 6.55. The SMILES string of the molecule is Nc1ccccc1CC(=O)OCCN1CCOCC1. The third kappa shape index (κ3) is 4.54. The number of nitrogens with two attached hydrogens (primary N) is 1. The summed E-state index contributed by atoms with van der Waals surface area (Å²) in [7, 11) is 0. The third-order valence-corrected chi connectivity index (χ3v) is 3.16. The second-order valence-electron chi connectivity index (χ2n) is 4.55. The van der Waals surface area contributed by atoms with Gasteiger partial charge in [-0.25, -0.2) is 0 Å². The second-order valence-corrected chi connectivity index (χ2v) is 4.55. The van der Waals surface area contributed by atoms with Crippen molar-refractivity contribution >= 4 is 11.7 Å². The molecule has 0 amide bonds. The van der Waals surface area contributed by atoms with Crippen LogP contribution in [0.3, 0.4) is 0 Å². The van der Waals surface area contributed by atoms with Crippen LogP contribution < -0.4 is 5.73 Å². The van der Waals surface area contributed by atoms with Gasteiger partial charge in [0.1, 0.15) is 6.61 Å². The van der Waals surface area contributed by atoms with Crippen molar-refractivity contribution in [2.45, 2.75) is 6.42 Å². The Hall–Kier alpha value is -1.59. The van der Waals surface area contributed by atoms with Gasteiger partial charge in [-0.1, -0.05) is 18.2 Å². The van der Waals surface area contributed by atoms with Crippen LogP contribution in [-0.2, 0) is 20.7 Å². The molecule has 1 fully saturated rings. The van der Waals surface area contributed by atoms with Crippen LogP contribution in [-0.4, -0.2) is 50.3 Å². The fourth-order valence-electron chi connectivity index (χ4n) is 2.02. The number of anilines is 1. The van der Waals surface area contributed by atoms with Crippen LogP contribution in [0.1, 0.15) is 5.56 Å². The van der Waals surface area contributed by atoms with Crippen LogP contribution in [0.5, 0.6) is 0 Å². The predicted octanol–water partition coefficient (Wildman–Crippen LogP) is 0.687. The maximum atomic E-state index is 11.7. The van der Waals surface area contributed by atoms with Crippen molar-refractivity contribution < 1.29 is 14.3 Å². The van der Waals surface area contributed by atoms with Crippen molar-refractivity contribution in [3.05, 3.63) is 29.8 Å². The van der Waals surface area contributed by atoms with Crippen LogP contribution in [0.2, 0.25) is 0 Å². The van der Waals surface area contributed by atoms with E-state index < -0.39 is 0 Å². The van der Waals surface area contributed by atoms with E-state index in [1.54, 1.807) is 6.07 Å². The summed E-state index contributed by atoms with van der Waals surface area (Å²) >= 11 is 0. The molecule has 0 spiro atoms. The van der Waals surface area contributed by atoms with E-state index in [-0.39, 0.29) is 12.4 Å². The predicted molar refractivity (Wildman–Crippen MR) is 72.8 cm³/mol. The molecule has 1 aliphatic rings. The summed E-state index contributed by atoms with van der Waals surface area (Å²) in [6.07, 6.45) is 0.232. The maximum absolute atomic E-state index is 11.7. The highest BCUT2D eigenvalue weighted by Crippen LogP contribution is 2.11. The topological polar surface area (TPSA) is 64.8 Å². The van der Waals surface area contributed by atoms with E-state index >= 15 is 0 Å². The Bertz CT molecular complexity index is 417. The summed E-state index contributed by atoms with van der Waals surface area (Å²) in [5.74, 6) is -0.230. The summed E-state index contributed by atoms with van der Waals surface area (Å²) in [6, 6.07) is 7.35. The van der Waals surface area contributed by atoms with Crippen molar-refractivity contribution in [3.63, 3.8) is 0 Å². The van der Waals surface area contributed by atoms with Crippen molar-refractivity contribution in [3.8, 4) is 0 Å². The number of esters is 1. The molecule has 104 valence electrons. The maximum Gasteiger partial charge on any atom is 0.310 e. The Kier molecular flexibility index (Phi) is 5.18. The first kappa shape index (κ1) is 13.8. The Morgan fingerprint density at radius 3 is 2.79 bits per heavy atom. The summed E-state index contributed by atoms with van der Waals surface area (Å²) in [6.45, 7) is 4.51. The van der Waals surface area contributed by atoms with Crippen molar-refractivity contribution in [1.82, 2.24) is 4.90 Å². The van der Waals surface area contributed by atoms with E-state index in [4.69, 9.17) is 15.2 Å². The van der Waals surface area contributed by atoms with Gasteiger partial charge in [0.25, 0.3) is 0 Å². The highest BCUT2D eigenvalue weighted by atomic mass is 16.5. The molecule has 2 rings (SSSR count). The molecule has 0 bridgehead atoms. The molecule has 2 N–H and O–H groups in total. The Labute approximate surface area is 113 Å². The number of hydrogen-bond acceptors (Lipinski definition) is 5. The molecule has 1 aromatic carbocycles. The quantitative estimate of drug-likeness (QED) is 0.626. The average Bonchev–Trinajstić information content (AvgIpc) is 2.43. The molecule has 19 heavy (non-hydrogen) atoms. The summed E-state index contributed by atoms with van der Waals surface area (Å²) in [5, 5.41) is 0. The summed E-state index contributed by atoms with van der Waals surface area (Å²) in [4.78, 5) is 13.9. The largest absolute Gasteiger partial charge is 0.464 e. The van der Waals surface area contributed by atoms with Crippen LogP contribution in [0.25, 0.3) is 0 Å². The van der Waals surface area contributed by atoms with Crippen LogP contribution >= 0.6 is 0 Å². The fourth-order valence-corrected chi connectivity index (χ4v) is 2.02. The van der Waals surface area contributed by atoms with E-state index in [0.717, 1.165) is 38.4 Å².